The molecule has 37 heavy (non-hydrogen) atoms. The van der Waals surface area contributed by atoms with Crippen molar-refractivity contribution in [2.24, 2.45) is 11.7 Å². The van der Waals surface area contributed by atoms with E-state index in [4.69, 9.17) is 17.3 Å². The summed E-state index contributed by atoms with van der Waals surface area (Å²) in [5.74, 6) is -0.783. The van der Waals surface area contributed by atoms with E-state index in [9.17, 15) is 18.3 Å². The largest absolute Gasteiger partial charge is 0.323 e. The first-order chi connectivity index (χ1) is 17.6. The number of halogens is 2. The van der Waals surface area contributed by atoms with Crippen LogP contribution in [0.15, 0.2) is 36.7 Å². The van der Waals surface area contributed by atoms with Crippen LogP contribution in [0.2, 0.25) is 5.02 Å². The second-order valence-electron chi connectivity index (χ2n) is 10.4. The van der Waals surface area contributed by atoms with Gasteiger partial charge in [0.05, 0.1) is 29.9 Å². The highest BCUT2D eigenvalue weighted by Gasteiger charge is 2.38. The Morgan fingerprint density at radius 2 is 2.05 bits per heavy atom. The summed E-state index contributed by atoms with van der Waals surface area (Å²) in [6.07, 6.45) is 5.01. The number of aromatic nitrogens is 1. The fraction of sp³-hybridized carbons (Fsp3) is 0.538. The molecule has 2 saturated heterocycles. The molecule has 2 aliphatic rings. The second-order valence-corrected chi connectivity index (χ2v) is 12.9. The minimum atomic E-state index is -2.85. The molecule has 8 nitrogen and oxygen atoms in total. The first-order valence-corrected chi connectivity index (χ1v) is 14.8. The number of nitrogens with one attached hydrogen (secondary N) is 2. The summed E-state index contributed by atoms with van der Waals surface area (Å²) in [5.41, 5.74) is 7.95. The molecule has 0 radical (unpaired) electrons. The minimum absolute atomic E-state index is 0.0722. The molecular formula is C26H37ClFN5O3S. The summed E-state index contributed by atoms with van der Waals surface area (Å²) in [5, 5.41) is 6.89. The average molecular weight is 554 g/mol. The quantitative estimate of drug-likeness (QED) is 0.323. The second kappa shape index (κ2) is 11.9. The zero-order chi connectivity index (χ0) is 26.7. The van der Waals surface area contributed by atoms with Crippen molar-refractivity contribution in [2.45, 2.75) is 63.6 Å². The number of fused-ring (bicyclic) bond motifs is 2. The van der Waals surface area contributed by atoms with Crippen molar-refractivity contribution in [1.29, 1.82) is 0 Å². The smallest absolute Gasteiger partial charge is 0.241 e. The van der Waals surface area contributed by atoms with Crippen molar-refractivity contribution >= 4 is 34.0 Å². The van der Waals surface area contributed by atoms with Gasteiger partial charge in [-0.25, -0.2) is 8.70 Å². The van der Waals surface area contributed by atoms with Crippen molar-refractivity contribution in [3.63, 3.8) is 0 Å². The maximum absolute atomic E-state index is 14.9. The van der Waals surface area contributed by atoms with E-state index < -0.39 is 28.5 Å². The maximum Gasteiger partial charge on any atom is 0.241 e. The van der Waals surface area contributed by atoms with Crippen molar-refractivity contribution in [1.82, 2.24) is 14.6 Å². The number of hydrogen-bond donors (Lipinski definition) is 5. The Hall–Kier alpha value is -1.79. The molecule has 2 aromatic rings. The van der Waals surface area contributed by atoms with Crippen LogP contribution >= 0.6 is 22.4 Å². The molecule has 0 aliphatic carbocycles. The van der Waals surface area contributed by atoms with Crippen LogP contribution in [0.5, 0.6) is 0 Å². The predicted molar refractivity (Wildman–Crippen MR) is 147 cm³/mol. The Balaban J connectivity index is 1.48. The Bertz CT molecular complexity index is 1090. The van der Waals surface area contributed by atoms with Gasteiger partial charge in [0.25, 0.3) is 0 Å². The first-order valence-electron chi connectivity index (χ1n) is 12.8. The molecule has 1 unspecified atom stereocenters. The number of carbonyl (C=O) groups excluding carboxylic acids is 1. The van der Waals surface area contributed by atoms with E-state index >= 15 is 0 Å². The van der Waals surface area contributed by atoms with Crippen molar-refractivity contribution in [3.05, 3.63) is 58.6 Å². The third-order valence-electron chi connectivity index (χ3n) is 7.45. The molecule has 0 spiro atoms. The van der Waals surface area contributed by atoms with Gasteiger partial charge in [-0.3, -0.25) is 18.9 Å². The van der Waals surface area contributed by atoms with Crippen LogP contribution in [-0.2, 0) is 11.2 Å². The number of benzene rings is 1. The Morgan fingerprint density at radius 1 is 1.32 bits per heavy atom. The SMILES string of the molecule is CC(C)[C@H](c1ccc(Cl)cc1)[C@H](N)C(=O)Nc1cncc(F)c1CC[C@H]1CN[C@@H]2CCCS(O)(O)N1C2. The van der Waals surface area contributed by atoms with Gasteiger partial charge < -0.3 is 16.4 Å². The number of hydrogen-bond acceptors (Lipinski definition) is 7. The summed E-state index contributed by atoms with van der Waals surface area (Å²) in [4.78, 5) is 17.2. The lowest BCUT2D eigenvalue weighted by Gasteiger charge is -2.49. The van der Waals surface area contributed by atoms with E-state index in [1.165, 1.54) is 6.20 Å². The summed E-state index contributed by atoms with van der Waals surface area (Å²) >= 11 is 6.03. The molecule has 3 heterocycles. The van der Waals surface area contributed by atoms with Gasteiger partial charge in [0, 0.05) is 41.7 Å². The lowest BCUT2D eigenvalue weighted by atomic mass is 9.82. The molecule has 11 heteroatoms. The molecule has 204 valence electrons. The van der Waals surface area contributed by atoms with Crippen LogP contribution < -0.4 is 16.4 Å². The summed E-state index contributed by atoms with van der Waals surface area (Å²) < 4.78 is 38.1. The fourth-order valence-electron chi connectivity index (χ4n) is 5.48. The third kappa shape index (κ3) is 6.62. The Labute approximate surface area is 224 Å². The van der Waals surface area contributed by atoms with E-state index in [1.54, 1.807) is 16.4 Å². The molecule has 2 fully saturated rings. The summed E-state index contributed by atoms with van der Waals surface area (Å²) in [6.45, 7) is 5.15. The Morgan fingerprint density at radius 3 is 2.76 bits per heavy atom. The summed E-state index contributed by atoms with van der Waals surface area (Å²) in [7, 11) is -2.85. The number of piperazine rings is 1. The first kappa shape index (κ1) is 28.2. The molecule has 1 amide bonds. The van der Waals surface area contributed by atoms with Crippen LogP contribution in [-0.4, -0.2) is 61.3 Å². The highest BCUT2D eigenvalue weighted by Crippen LogP contribution is 2.49. The summed E-state index contributed by atoms with van der Waals surface area (Å²) in [6, 6.07) is 6.47. The van der Waals surface area contributed by atoms with Gasteiger partial charge in [-0.15, -0.1) is 10.8 Å². The van der Waals surface area contributed by atoms with Gasteiger partial charge >= 0.3 is 0 Å². The van der Waals surface area contributed by atoms with E-state index in [0.717, 1.165) is 24.6 Å². The standard InChI is InChI=1S/C26H37ClFN5O3S/c1-16(2)24(17-5-7-18(27)8-6-17)25(29)26(34)32-23-14-30-13-22(28)21(23)10-9-20-12-31-19-4-3-11-37(35,36)33(20)15-19/h5-8,13-14,16,19-20,24-25,31,35-36H,3-4,9-12,15,29H2,1-2H3,(H,32,34)/t19-,20+,24-,25+/m1/s1. The van der Waals surface area contributed by atoms with Gasteiger partial charge in [0.15, 0.2) is 0 Å². The molecular weight excluding hydrogens is 517 g/mol. The molecule has 4 rings (SSSR count). The van der Waals surface area contributed by atoms with Crippen molar-refractivity contribution in [2.75, 3.05) is 24.2 Å². The van der Waals surface area contributed by atoms with Crippen molar-refractivity contribution in [3.8, 4) is 0 Å². The predicted octanol–water partition coefficient (Wildman–Crippen LogP) is 4.61. The molecule has 1 aromatic heterocycles. The highest BCUT2D eigenvalue weighted by molar-refractivity contribution is 8.22. The van der Waals surface area contributed by atoms with Gasteiger partial charge in [0.2, 0.25) is 5.91 Å². The van der Waals surface area contributed by atoms with Crippen LogP contribution in [0.1, 0.15) is 50.2 Å². The number of pyridine rings is 1. The number of nitrogens with two attached hydrogens (primary N) is 1. The number of amides is 1. The molecule has 2 bridgehead atoms. The van der Waals surface area contributed by atoms with E-state index in [-0.39, 0.29) is 29.6 Å². The van der Waals surface area contributed by atoms with E-state index in [1.807, 2.05) is 26.0 Å². The number of nitrogens with zero attached hydrogens (tertiary/aromatic N) is 2. The van der Waals surface area contributed by atoms with Crippen LogP contribution in [0.4, 0.5) is 10.1 Å². The van der Waals surface area contributed by atoms with Crippen molar-refractivity contribution < 1.29 is 18.3 Å². The molecule has 5 atom stereocenters. The van der Waals surface area contributed by atoms with Crippen LogP contribution in [0, 0.1) is 11.7 Å². The van der Waals surface area contributed by atoms with Crippen LogP contribution in [0.3, 0.4) is 0 Å². The van der Waals surface area contributed by atoms with Gasteiger partial charge in [-0.05, 0) is 49.3 Å². The Kier molecular flexibility index (Phi) is 9.11. The normalized spacial score (nSPS) is 25.7. The maximum atomic E-state index is 14.9. The fourth-order valence-corrected chi connectivity index (χ4v) is 7.47. The minimum Gasteiger partial charge on any atom is -0.323 e. The topological polar surface area (TPSA) is 124 Å². The number of rotatable bonds is 8. The zero-order valence-electron chi connectivity index (χ0n) is 21.2. The lowest BCUT2D eigenvalue weighted by molar-refractivity contribution is -0.118. The van der Waals surface area contributed by atoms with Crippen LogP contribution in [0.25, 0.3) is 0 Å². The molecule has 0 saturated carbocycles. The van der Waals surface area contributed by atoms with E-state index in [0.29, 0.717) is 42.3 Å². The molecule has 6 N–H and O–H groups in total. The lowest BCUT2D eigenvalue weighted by Crippen LogP contribution is -2.55. The number of anilines is 1. The highest BCUT2D eigenvalue weighted by atomic mass is 35.5. The molecule has 1 aromatic carbocycles. The van der Waals surface area contributed by atoms with Gasteiger partial charge in [-0.1, -0.05) is 37.6 Å². The third-order valence-corrected chi connectivity index (χ3v) is 9.74. The molecule has 2 aliphatic heterocycles. The average Bonchev–Trinajstić information content (AvgIpc) is 2.96. The monoisotopic (exact) mass is 553 g/mol. The number of carbonyl (C=O) groups is 1. The van der Waals surface area contributed by atoms with Gasteiger partial charge in [0.1, 0.15) is 5.82 Å². The zero-order valence-corrected chi connectivity index (χ0v) is 22.8. The van der Waals surface area contributed by atoms with E-state index in [2.05, 4.69) is 15.6 Å². The van der Waals surface area contributed by atoms with Gasteiger partial charge in [-0.2, -0.15) is 0 Å².